The van der Waals surface area contributed by atoms with Gasteiger partial charge in [-0.1, -0.05) is 0 Å². The second kappa shape index (κ2) is 6.23. The van der Waals surface area contributed by atoms with Crippen LogP contribution < -0.4 is 11.1 Å². The van der Waals surface area contributed by atoms with Crippen molar-refractivity contribution in [1.29, 1.82) is 0 Å². The van der Waals surface area contributed by atoms with Crippen molar-refractivity contribution >= 4 is 11.6 Å². The molecule has 0 aromatic carbocycles. The molecule has 1 amide bonds. The van der Waals surface area contributed by atoms with Gasteiger partial charge in [-0.25, -0.2) is 4.98 Å². The molecule has 0 aliphatic carbocycles. The van der Waals surface area contributed by atoms with E-state index < -0.39 is 18.5 Å². The fourth-order valence-electron chi connectivity index (χ4n) is 1.34. The molecule has 0 atom stereocenters. The molecule has 1 rings (SSSR count). The second-order valence-corrected chi connectivity index (χ2v) is 3.77. The van der Waals surface area contributed by atoms with Gasteiger partial charge in [-0.3, -0.25) is 4.79 Å². The number of nitrogens with zero attached hydrogens (tertiary/aromatic N) is 1. The van der Waals surface area contributed by atoms with Crippen molar-refractivity contribution in [3.8, 4) is 0 Å². The Balaban J connectivity index is 2.28. The average Bonchev–Trinajstić information content (AvgIpc) is 2.27. The number of rotatable bonds is 5. The molecule has 1 aromatic heterocycles. The van der Waals surface area contributed by atoms with Gasteiger partial charge < -0.3 is 11.1 Å². The molecule has 0 spiro atoms. The monoisotopic (exact) mass is 261 g/mol. The summed E-state index contributed by atoms with van der Waals surface area (Å²) in [6.07, 6.45) is -3.31. The third-order valence-electron chi connectivity index (χ3n) is 2.23. The molecule has 4 nitrogen and oxygen atoms in total. The van der Waals surface area contributed by atoms with Gasteiger partial charge in [0.15, 0.2) is 5.69 Å². The van der Waals surface area contributed by atoms with E-state index >= 15 is 0 Å². The number of hydrogen-bond donors (Lipinski definition) is 2. The van der Waals surface area contributed by atoms with Gasteiger partial charge >= 0.3 is 6.18 Å². The van der Waals surface area contributed by atoms with Crippen molar-refractivity contribution in [3.05, 3.63) is 24.0 Å². The Morgan fingerprint density at radius 3 is 2.72 bits per heavy atom. The summed E-state index contributed by atoms with van der Waals surface area (Å²) in [5.41, 5.74) is 5.87. The standard InChI is InChI=1S/C11H14F3N3O/c12-11(13,14)5-1-2-6-17-10(18)9-8(15)4-3-7-16-9/h3-4,7H,1-2,5-6,15H2,(H,17,18). The number of nitrogens with one attached hydrogen (secondary N) is 1. The third kappa shape index (κ3) is 5.03. The van der Waals surface area contributed by atoms with Crippen LogP contribution >= 0.6 is 0 Å². The van der Waals surface area contributed by atoms with E-state index in [0.717, 1.165) is 0 Å². The van der Waals surface area contributed by atoms with E-state index in [1.165, 1.54) is 12.3 Å². The number of nitrogen functional groups attached to an aromatic ring is 1. The molecule has 0 radical (unpaired) electrons. The van der Waals surface area contributed by atoms with Gasteiger partial charge in [-0.05, 0) is 25.0 Å². The summed E-state index contributed by atoms with van der Waals surface area (Å²) in [6.45, 7) is 0.172. The van der Waals surface area contributed by atoms with Gasteiger partial charge in [0.2, 0.25) is 0 Å². The van der Waals surface area contributed by atoms with Gasteiger partial charge in [0.05, 0.1) is 5.69 Å². The van der Waals surface area contributed by atoms with E-state index in [2.05, 4.69) is 10.3 Å². The van der Waals surface area contributed by atoms with Crippen molar-refractivity contribution in [1.82, 2.24) is 10.3 Å². The predicted molar refractivity (Wildman–Crippen MR) is 60.9 cm³/mol. The van der Waals surface area contributed by atoms with Crippen LogP contribution in [0.1, 0.15) is 29.8 Å². The summed E-state index contributed by atoms with van der Waals surface area (Å²) < 4.78 is 35.5. The van der Waals surface area contributed by atoms with E-state index in [-0.39, 0.29) is 30.8 Å². The molecule has 3 N–H and O–H groups in total. The number of hydrogen-bond acceptors (Lipinski definition) is 3. The van der Waals surface area contributed by atoms with Crippen molar-refractivity contribution < 1.29 is 18.0 Å². The molecule has 0 saturated carbocycles. The quantitative estimate of drug-likeness (QED) is 0.798. The average molecular weight is 261 g/mol. The van der Waals surface area contributed by atoms with E-state index in [1.807, 2.05) is 0 Å². The fraction of sp³-hybridized carbons (Fsp3) is 0.455. The molecule has 1 aromatic rings. The molecular weight excluding hydrogens is 247 g/mol. The van der Waals surface area contributed by atoms with Crippen molar-refractivity contribution in [2.75, 3.05) is 12.3 Å². The number of nitrogens with two attached hydrogens (primary N) is 1. The maximum atomic E-state index is 11.8. The maximum Gasteiger partial charge on any atom is 0.389 e. The zero-order chi connectivity index (χ0) is 13.6. The van der Waals surface area contributed by atoms with Gasteiger partial charge in [0.1, 0.15) is 0 Å². The number of halogens is 3. The molecule has 0 aliphatic rings. The second-order valence-electron chi connectivity index (χ2n) is 3.77. The van der Waals surface area contributed by atoms with Gasteiger partial charge in [0, 0.05) is 19.2 Å². The van der Waals surface area contributed by atoms with Crippen molar-refractivity contribution in [2.45, 2.75) is 25.4 Å². The number of amides is 1. The van der Waals surface area contributed by atoms with Crippen LogP contribution in [-0.2, 0) is 0 Å². The summed E-state index contributed by atoms with van der Waals surface area (Å²) in [4.78, 5) is 15.3. The first-order valence-corrected chi connectivity index (χ1v) is 5.45. The minimum absolute atomic E-state index is 0.0124. The largest absolute Gasteiger partial charge is 0.397 e. The van der Waals surface area contributed by atoms with E-state index in [4.69, 9.17) is 5.73 Å². The maximum absolute atomic E-state index is 11.8. The molecule has 0 aliphatic heterocycles. The lowest BCUT2D eigenvalue weighted by atomic mass is 10.2. The molecule has 0 bridgehead atoms. The number of anilines is 1. The number of unbranched alkanes of at least 4 members (excludes halogenated alkanes) is 1. The minimum Gasteiger partial charge on any atom is -0.397 e. The Hall–Kier alpha value is -1.79. The highest BCUT2D eigenvalue weighted by Gasteiger charge is 2.25. The van der Waals surface area contributed by atoms with Crippen LogP contribution in [0.15, 0.2) is 18.3 Å². The zero-order valence-corrected chi connectivity index (χ0v) is 9.63. The number of pyridine rings is 1. The first-order valence-electron chi connectivity index (χ1n) is 5.45. The Labute approximate surface area is 102 Å². The zero-order valence-electron chi connectivity index (χ0n) is 9.63. The van der Waals surface area contributed by atoms with Crippen LogP contribution in [0.4, 0.5) is 18.9 Å². The van der Waals surface area contributed by atoms with Crippen LogP contribution in [0, 0.1) is 0 Å². The van der Waals surface area contributed by atoms with E-state index in [9.17, 15) is 18.0 Å². The predicted octanol–water partition coefficient (Wildman–Crippen LogP) is 2.13. The van der Waals surface area contributed by atoms with Crippen LogP contribution in [0.2, 0.25) is 0 Å². The van der Waals surface area contributed by atoms with Gasteiger partial charge in [-0.15, -0.1) is 0 Å². The van der Waals surface area contributed by atoms with E-state index in [1.54, 1.807) is 6.07 Å². The SMILES string of the molecule is Nc1cccnc1C(=O)NCCCCC(F)(F)F. The first-order chi connectivity index (χ1) is 8.40. The first kappa shape index (κ1) is 14.3. The lowest BCUT2D eigenvalue weighted by Crippen LogP contribution is -2.26. The molecule has 100 valence electrons. The lowest BCUT2D eigenvalue weighted by Gasteiger charge is -2.07. The Morgan fingerprint density at radius 2 is 2.11 bits per heavy atom. The summed E-state index contributed by atoms with van der Waals surface area (Å²) in [7, 11) is 0. The molecular formula is C11H14F3N3O. The van der Waals surface area contributed by atoms with E-state index in [0.29, 0.717) is 0 Å². The van der Waals surface area contributed by atoms with Crippen LogP contribution in [-0.4, -0.2) is 23.6 Å². The van der Waals surface area contributed by atoms with Crippen LogP contribution in [0.5, 0.6) is 0 Å². The summed E-state index contributed by atoms with van der Waals surface area (Å²) in [5.74, 6) is -0.472. The van der Waals surface area contributed by atoms with Gasteiger partial charge in [-0.2, -0.15) is 13.2 Å². The number of alkyl halides is 3. The number of aromatic nitrogens is 1. The lowest BCUT2D eigenvalue weighted by molar-refractivity contribution is -0.135. The highest BCUT2D eigenvalue weighted by molar-refractivity contribution is 5.96. The highest BCUT2D eigenvalue weighted by atomic mass is 19.4. The summed E-state index contributed by atoms with van der Waals surface area (Å²) >= 11 is 0. The normalized spacial score (nSPS) is 11.3. The van der Waals surface area contributed by atoms with Gasteiger partial charge in [0.25, 0.3) is 5.91 Å². The highest BCUT2D eigenvalue weighted by Crippen LogP contribution is 2.21. The Morgan fingerprint density at radius 1 is 1.39 bits per heavy atom. The summed E-state index contributed by atoms with van der Waals surface area (Å²) in [6, 6.07) is 3.13. The molecule has 0 fully saturated rings. The molecule has 0 unspecified atom stereocenters. The molecule has 0 saturated heterocycles. The Kier molecular flexibility index (Phi) is 4.94. The third-order valence-corrected chi connectivity index (χ3v) is 2.23. The number of carbonyl (C=O) groups excluding carboxylic acids is 1. The fourth-order valence-corrected chi connectivity index (χ4v) is 1.34. The number of carbonyl (C=O) groups is 1. The van der Waals surface area contributed by atoms with Crippen LogP contribution in [0.25, 0.3) is 0 Å². The van der Waals surface area contributed by atoms with Crippen molar-refractivity contribution in [2.24, 2.45) is 0 Å². The Bertz CT molecular complexity index is 407. The molecule has 1 heterocycles. The molecule has 7 heteroatoms. The topological polar surface area (TPSA) is 68.0 Å². The molecule has 18 heavy (non-hydrogen) atoms. The minimum atomic E-state index is -4.14. The van der Waals surface area contributed by atoms with Crippen molar-refractivity contribution in [3.63, 3.8) is 0 Å². The smallest absolute Gasteiger partial charge is 0.389 e. The van der Waals surface area contributed by atoms with Crippen LogP contribution in [0.3, 0.4) is 0 Å². The summed E-state index contributed by atoms with van der Waals surface area (Å²) in [5, 5.41) is 2.48.